The van der Waals surface area contributed by atoms with Crippen molar-refractivity contribution in [3.05, 3.63) is 46.7 Å². The molecule has 2 aliphatic rings. The van der Waals surface area contributed by atoms with Crippen LogP contribution in [0.2, 0.25) is 0 Å². The summed E-state index contributed by atoms with van der Waals surface area (Å²) < 4.78 is 16.8. The minimum Gasteiger partial charge on any atom is -0.493 e. The predicted octanol–water partition coefficient (Wildman–Crippen LogP) is 2.92. The van der Waals surface area contributed by atoms with Crippen molar-refractivity contribution in [2.24, 2.45) is 17.1 Å². The lowest BCUT2D eigenvalue weighted by molar-refractivity contribution is 0.0978. The number of nitriles is 3. The summed E-state index contributed by atoms with van der Waals surface area (Å²) in [5.74, 6) is 0.134. The first-order chi connectivity index (χ1) is 14.1. The lowest BCUT2D eigenvalue weighted by atomic mass is 9.58. The van der Waals surface area contributed by atoms with Crippen LogP contribution in [0.15, 0.2) is 41.1 Å². The van der Waals surface area contributed by atoms with E-state index in [1.165, 1.54) is 7.11 Å². The molecule has 1 aromatic rings. The zero-order chi connectivity index (χ0) is 21.0. The van der Waals surface area contributed by atoms with Crippen LogP contribution >= 0.6 is 0 Å². The zero-order valence-electron chi connectivity index (χ0n) is 16.4. The molecule has 2 unspecified atom stereocenters. The average Bonchev–Trinajstić information content (AvgIpc) is 2.77. The second-order valence-corrected chi connectivity index (χ2v) is 6.97. The summed E-state index contributed by atoms with van der Waals surface area (Å²) in [6.07, 6.45) is 2.66. The molecule has 7 heteroatoms. The normalized spacial score (nSPS) is 22.4. The molecule has 2 N–H and O–H groups in total. The van der Waals surface area contributed by atoms with Crippen molar-refractivity contribution in [1.82, 2.24) is 0 Å². The highest BCUT2D eigenvalue weighted by molar-refractivity contribution is 5.60. The van der Waals surface area contributed by atoms with Gasteiger partial charge in [0.05, 0.1) is 50.3 Å². The second kappa shape index (κ2) is 8.27. The van der Waals surface area contributed by atoms with Crippen LogP contribution in [0.25, 0.3) is 0 Å². The van der Waals surface area contributed by atoms with Gasteiger partial charge in [-0.3, -0.25) is 0 Å². The van der Waals surface area contributed by atoms with Crippen LogP contribution < -0.4 is 15.2 Å². The molecular weight excluding hydrogens is 368 g/mol. The Labute approximate surface area is 170 Å². The Morgan fingerprint density at radius 1 is 1.24 bits per heavy atom. The van der Waals surface area contributed by atoms with Gasteiger partial charge in [-0.2, -0.15) is 15.8 Å². The topological polar surface area (TPSA) is 125 Å². The summed E-state index contributed by atoms with van der Waals surface area (Å²) in [4.78, 5) is 0. The zero-order valence-corrected chi connectivity index (χ0v) is 16.4. The first-order valence-corrected chi connectivity index (χ1v) is 9.39. The van der Waals surface area contributed by atoms with Crippen LogP contribution in [-0.4, -0.2) is 26.9 Å². The molecule has 1 aromatic carbocycles. The highest BCUT2D eigenvalue weighted by Gasteiger charge is 2.54. The number of benzene rings is 1. The summed E-state index contributed by atoms with van der Waals surface area (Å²) in [5, 5.41) is 29.7. The van der Waals surface area contributed by atoms with Gasteiger partial charge >= 0.3 is 0 Å². The number of hydrogen-bond donors (Lipinski definition) is 1. The smallest absolute Gasteiger partial charge is 0.191 e. The van der Waals surface area contributed by atoms with Crippen molar-refractivity contribution >= 4 is 0 Å². The molecule has 0 saturated heterocycles. The van der Waals surface area contributed by atoms with E-state index in [0.717, 1.165) is 12.0 Å². The van der Waals surface area contributed by atoms with Crippen molar-refractivity contribution in [3.8, 4) is 29.7 Å². The number of fused-ring (bicyclic) bond motifs is 1. The second-order valence-electron chi connectivity index (χ2n) is 6.97. The molecule has 148 valence electrons. The maximum atomic E-state index is 10.0. The summed E-state index contributed by atoms with van der Waals surface area (Å²) in [7, 11) is 1.54. The van der Waals surface area contributed by atoms with E-state index in [1.54, 1.807) is 18.2 Å². The van der Waals surface area contributed by atoms with Gasteiger partial charge in [-0.1, -0.05) is 19.1 Å². The van der Waals surface area contributed by atoms with Gasteiger partial charge in [0.25, 0.3) is 0 Å². The molecule has 0 amide bonds. The van der Waals surface area contributed by atoms with Crippen molar-refractivity contribution in [1.29, 1.82) is 15.8 Å². The molecule has 29 heavy (non-hydrogen) atoms. The Balaban J connectivity index is 2.22. The molecule has 0 saturated carbocycles. The summed E-state index contributed by atoms with van der Waals surface area (Å²) in [5.41, 5.74) is 6.20. The Morgan fingerprint density at radius 2 is 2.00 bits per heavy atom. The van der Waals surface area contributed by atoms with Gasteiger partial charge in [0.2, 0.25) is 0 Å². The third-order valence-electron chi connectivity index (χ3n) is 5.44. The monoisotopic (exact) mass is 390 g/mol. The average molecular weight is 390 g/mol. The van der Waals surface area contributed by atoms with Crippen molar-refractivity contribution in [3.63, 3.8) is 0 Å². The SMILES string of the molecule is CCCOc1ccc(C2C3COCC=C3C(C#N)=C(N)C2(C#N)C#N)cc1OC. The highest BCUT2D eigenvalue weighted by atomic mass is 16.5. The summed E-state index contributed by atoms with van der Waals surface area (Å²) in [6.45, 7) is 3.20. The molecule has 1 aliphatic carbocycles. The number of nitrogens with two attached hydrogens (primary N) is 1. The van der Waals surface area contributed by atoms with Gasteiger partial charge in [-0.25, -0.2) is 0 Å². The number of ether oxygens (including phenoxy) is 3. The first kappa shape index (κ1) is 20.3. The molecule has 3 rings (SSSR count). The molecule has 2 atom stereocenters. The van der Waals surface area contributed by atoms with E-state index in [-0.39, 0.29) is 23.8 Å². The Kier molecular flexibility index (Phi) is 5.78. The quantitative estimate of drug-likeness (QED) is 0.819. The van der Waals surface area contributed by atoms with E-state index in [9.17, 15) is 15.8 Å². The summed E-state index contributed by atoms with van der Waals surface area (Å²) in [6, 6.07) is 11.7. The Bertz CT molecular complexity index is 977. The van der Waals surface area contributed by atoms with E-state index >= 15 is 0 Å². The van der Waals surface area contributed by atoms with E-state index in [0.29, 0.717) is 30.3 Å². The van der Waals surface area contributed by atoms with E-state index < -0.39 is 11.3 Å². The van der Waals surface area contributed by atoms with Gasteiger partial charge in [-0.05, 0) is 29.7 Å². The molecule has 1 aliphatic heterocycles. The van der Waals surface area contributed by atoms with E-state index in [4.69, 9.17) is 19.9 Å². The Morgan fingerprint density at radius 3 is 2.62 bits per heavy atom. The van der Waals surface area contributed by atoms with Crippen LogP contribution in [0, 0.1) is 45.3 Å². The highest BCUT2D eigenvalue weighted by Crippen LogP contribution is 2.54. The first-order valence-electron chi connectivity index (χ1n) is 9.39. The number of methoxy groups -OCH3 is 1. The van der Waals surface area contributed by atoms with Gasteiger partial charge in [0.1, 0.15) is 6.07 Å². The van der Waals surface area contributed by atoms with Gasteiger partial charge in [-0.15, -0.1) is 0 Å². The molecule has 7 nitrogen and oxygen atoms in total. The maximum Gasteiger partial charge on any atom is 0.191 e. The van der Waals surface area contributed by atoms with Crippen molar-refractivity contribution in [2.75, 3.05) is 26.9 Å². The summed E-state index contributed by atoms with van der Waals surface area (Å²) >= 11 is 0. The number of allylic oxidation sites excluding steroid dienone is 2. The van der Waals surface area contributed by atoms with Gasteiger partial charge < -0.3 is 19.9 Å². The Hall–Kier alpha value is -3.47. The molecule has 0 radical (unpaired) electrons. The number of hydrogen-bond acceptors (Lipinski definition) is 7. The van der Waals surface area contributed by atoms with Gasteiger partial charge in [0.15, 0.2) is 16.9 Å². The van der Waals surface area contributed by atoms with Crippen molar-refractivity contribution < 1.29 is 14.2 Å². The van der Waals surface area contributed by atoms with Crippen LogP contribution in [-0.2, 0) is 4.74 Å². The van der Waals surface area contributed by atoms with E-state index in [1.807, 2.05) is 13.0 Å². The standard InChI is InChI=1S/C22H22N4O3/c1-3-7-29-18-5-4-14(9-19(18)27-2)20-17-11-28-8-6-15(17)16(10-23)21(26)22(20,12-24)13-25/h4-6,9,17,20H,3,7-8,11,26H2,1-2H3. The minimum absolute atomic E-state index is 0.00956. The largest absolute Gasteiger partial charge is 0.493 e. The number of nitrogens with zero attached hydrogens (tertiary/aromatic N) is 3. The number of rotatable bonds is 5. The third kappa shape index (κ3) is 3.18. The fourth-order valence-electron chi connectivity index (χ4n) is 4.07. The molecule has 0 aromatic heterocycles. The maximum absolute atomic E-state index is 10.0. The van der Waals surface area contributed by atoms with Crippen LogP contribution in [0.1, 0.15) is 24.8 Å². The van der Waals surface area contributed by atoms with Crippen LogP contribution in [0.5, 0.6) is 11.5 Å². The molecular formula is C22H22N4O3. The van der Waals surface area contributed by atoms with E-state index in [2.05, 4.69) is 18.2 Å². The fraction of sp³-hybridized carbons (Fsp3) is 0.409. The fourth-order valence-corrected chi connectivity index (χ4v) is 4.07. The lowest BCUT2D eigenvalue weighted by Crippen LogP contribution is -2.44. The van der Waals surface area contributed by atoms with Crippen molar-refractivity contribution in [2.45, 2.75) is 19.3 Å². The lowest BCUT2D eigenvalue weighted by Gasteiger charge is -2.43. The predicted molar refractivity (Wildman–Crippen MR) is 104 cm³/mol. The third-order valence-corrected chi connectivity index (χ3v) is 5.44. The van der Waals surface area contributed by atoms with Crippen LogP contribution in [0.4, 0.5) is 0 Å². The molecule has 0 bridgehead atoms. The van der Waals surface area contributed by atoms with Crippen LogP contribution in [0.3, 0.4) is 0 Å². The molecule has 0 fully saturated rings. The molecule has 1 heterocycles. The molecule has 0 spiro atoms. The minimum atomic E-state index is -1.69. The van der Waals surface area contributed by atoms with Gasteiger partial charge in [0, 0.05) is 11.8 Å².